The Morgan fingerprint density at radius 1 is 1.02 bits per heavy atom. The molecule has 1 N–H and O–H groups in total. The summed E-state index contributed by atoms with van der Waals surface area (Å²) in [6, 6.07) is 8.10. The molecule has 4 aliphatic rings. The van der Waals surface area contributed by atoms with Crippen molar-refractivity contribution in [3.8, 4) is 5.75 Å². The molecule has 4 fully saturated rings. The van der Waals surface area contributed by atoms with Gasteiger partial charge in [-0.2, -0.15) is 0 Å². The van der Waals surface area contributed by atoms with Crippen molar-refractivity contribution in [2.75, 3.05) is 44.2 Å². The van der Waals surface area contributed by atoms with Crippen LogP contribution in [0.5, 0.6) is 5.75 Å². The number of hydrogen-bond acceptors (Lipinski definition) is 7. The summed E-state index contributed by atoms with van der Waals surface area (Å²) in [7, 11) is 0. The lowest BCUT2D eigenvalue weighted by Gasteiger charge is -2.36. The summed E-state index contributed by atoms with van der Waals surface area (Å²) in [5, 5.41) is 3.08. The van der Waals surface area contributed by atoms with E-state index in [1.165, 1.54) is 0 Å². The van der Waals surface area contributed by atoms with Crippen LogP contribution in [0.2, 0.25) is 0 Å². The molecule has 0 aliphatic carbocycles. The molecular formula is C34H50N4O5. The van der Waals surface area contributed by atoms with Gasteiger partial charge < -0.3 is 19.7 Å². The van der Waals surface area contributed by atoms with Gasteiger partial charge in [-0.3, -0.25) is 24.2 Å². The van der Waals surface area contributed by atoms with E-state index in [0.717, 1.165) is 82.7 Å². The predicted octanol–water partition coefficient (Wildman–Crippen LogP) is 4.16. The van der Waals surface area contributed by atoms with Crippen LogP contribution < -0.4 is 15.0 Å². The molecule has 2 bridgehead atoms. The molecule has 4 heterocycles. The summed E-state index contributed by atoms with van der Waals surface area (Å²) in [6.45, 7) is 11.0. The Labute approximate surface area is 256 Å². The Morgan fingerprint density at radius 2 is 1.70 bits per heavy atom. The van der Waals surface area contributed by atoms with Gasteiger partial charge in [0.25, 0.3) is 0 Å². The number of imide groups is 1. The van der Waals surface area contributed by atoms with Crippen molar-refractivity contribution in [3.63, 3.8) is 0 Å². The van der Waals surface area contributed by atoms with Gasteiger partial charge in [0.2, 0.25) is 17.7 Å². The fraction of sp³-hybridized carbons (Fsp3) is 0.676. The number of rotatable bonds is 15. The number of fused-ring (bicyclic) bond motifs is 5. The summed E-state index contributed by atoms with van der Waals surface area (Å²) >= 11 is 0. The Bertz CT molecular complexity index is 1120. The van der Waals surface area contributed by atoms with E-state index in [2.05, 4.69) is 33.3 Å². The Balaban J connectivity index is 1.04. The third-order valence-corrected chi connectivity index (χ3v) is 9.46. The van der Waals surface area contributed by atoms with Gasteiger partial charge in [0, 0.05) is 51.7 Å². The SMILES string of the molecule is C/C=C/CCCC(CCCNC(=O)CCN1CCN(c2ccccc2OC(C)C)CC1)N1C(=O)C2C3CCC(O3)C2C1=O. The molecule has 1 aromatic carbocycles. The monoisotopic (exact) mass is 594 g/mol. The standard InChI is InChI=1S/C34H50N4O5/c1-4-5-6-7-11-25(38-33(40)31-28-15-16-29(43-28)32(31)34(38)41)12-10-18-35-30(39)17-19-36-20-22-37(23-21-36)26-13-8-9-14-27(26)42-24(2)3/h4-5,8-9,13-14,24-25,28-29,31-32H,6-7,10-12,15-23H2,1-3H3,(H,35,39)/b5-4+. The zero-order valence-electron chi connectivity index (χ0n) is 26.2. The van der Waals surface area contributed by atoms with E-state index < -0.39 is 0 Å². The molecular weight excluding hydrogens is 544 g/mol. The van der Waals surface area contributed by atoms with Crippen molar-refractivity contribution in [1.29, 1.82) is 0 Å². The predicted molar refractivity (Wildman–Crippen MR) is 167 cm³/mol. The molecule has 5 rings (SSSR count). The van der Waals surface area contributed by atoms with Crippen molar-refractivity contribution in [3.05, 3.63) is 36.4 Å². The van der Waals surface area contributed by atoms with Crippen LogP contribution >= 0.6 is 0 Å². The van der Waals surface area contributed by atoms with Crippen LogP contribution in [0.25, 0.3) is 0 Å². The van der Waals surface area contributed by atoms with Crippen molar-refractivity contribution in [2.24, 2.45) is 11.8 Å². The van der Waals surface area contributed by atoms with Crippen molar-refractivity contribution >= 4 is 23.4 Å². The second kappa shape index (κ2) is 14.7. The van der Waals surface area contributed by atoms with Gasteiger partial charge in [0.1, 0.15) is 5.75 Å². The average molecular weight is 595 g/mol. The van der Waals surface area contributed by atoms with E-state index in [0.29, 0.717) is 19.4 Å². The number of hydrogen-bond donors (Lipinski definition) is 1. The zero-order chi connectivity index (χ0) is 30.3. The second-order valence-electron chi connectivity index (χ2n) is 12.7. The number of ether oxygens (including phenoxy) is 2. The molecule has 4 saturated heterocycles. The van der Waals surface area contributed by atoms with Gasteiger partial charge in [-0.15, -0.1) is 0 Å². The van der Waals surface area contributed by atoms with Gasteiger partial charge in [-0.25, -0.2) is 0 Å². The lowest BCUT2D eigenvalue weighted by Crippen LogP contribution is -2.47. The van der Waals surface area contributed by atoms with Gasteiger partial charge in [0.05, 0.1) is 35.8 Å². The lowest BCUT2D eigenvalue weighted by atomic mass is 9.81. The smallest absolute Gasteiger partial charge is 0.236 e. The summed E-state index contributed by atoms with van der Waals surface area (Å²) in [5.41, 5.74) is 1.13. The fourth-order valence-electron chi connectivity index (χ4n) is 7.33. The number of amides is 3. The molecule has 236 valence electrons. The molecule has 4 aliphatic heterocycles. The number of piperazine rings is 1. The number of nitrogens with zero attached hydrogens (tertiary/aromatic N) is 3. The first-order chi connectivity index (χ1) is 20.9. The number of benzene rings is 1. The third-order valence-electron chi connectivity index (χ3n) is 9.46. The van der Waals surface area contributed by atoms with Crippen LogP contribution in [-0.2, 0) is 19.1 Å². The van der Waals surface area contributed by atoms with Crippen LogP contribution in [0.3, 0.4) is 0 Å². The maximum atomic E-state index is 13.4. The first kappa shape index (κ1) is 31.5. The molecule has 0 spiro atoms. The minimum atomic E-state index is -0.283. The zero-order valence-corrected chi connectivity index (χ0v) is 26.2. The number of likely N-dealkylation sites (tertiary alicyclic amines) is 1. The van der Waals surface area contributed by atoms with E-state index in [1.807, 2.05) is 39.0 Å². The average Bonchev–Trinajstić information content (AvgIpc) is 3.69. The summed E-state index contributed by atoms with van der Waals surface area (Å²) in [6.07, 6.45) is 10.5. The van der Waals surface area contributed by atoms with Crippen LogP contribution in [-0.4, -0.2) is 91.1 Å². The Morgan fingerprint density at radius 3 is 2.37 bits per heavy atom. The summed E-state index contributed by atoms with van der Waals surface area (Å²) in [5.74, 6) is 0.353. The van der Waals surface area contributed by atoms with Crippen molar-refractivity contribution in [1.82, 2.24) is 15.1 Å². The van der Waals surface area contributed by atoms with Gasteiger partial charge >= 0.3 is 0 Å². The molecule has 0 radical (unpaired) electrons. The number of nitrogens with one attached hydrogen (secondary N) is 1. The molecule has 9 nitrogen and oxygen atoms in total. The third kappa shape index (κ3) is 7.43. The van der Waals surface area contributed by atoms with Crippen molar-refractivity contribution < 1.29 is 23.9 Å². The van der Waals surface area contributed by atoms with Crippen molar-refractivity contribution in [2.45, 2.75) is 96.5 Å². The first-order valence-electron chi connectivity index (χ1n) is 16.5. The van der Waals surface area contributed by atoms with Gasteiger partial charge in [-0.05, 0) is 77.8 Å². The molecule has 9 heteroatoms. The van der Waals surface area contributed by atoms with E-state index >= 15 is 0 Å². The Hall–Kier alpha value is -2.91. The van der Waals surface area contributed by atoms with E-state index in [9.17, 15) is 14.4 Å². The van der Waals surface area contributed by atoms with Crippen LogP contribution in [0.1, 0.15) is 72.1 Å². The Kier molecular flexibility index (Phi) is 10.8. The van der Waals surface area contributed by atoms with Crippen LogP contribution in [0.15, 0.2) is 36.4 Å². The highest BCUT2D eigenvalue weighted by molar-refractivity contribution is 6.06. The van der Waals surface area contributed by atoms with E-state index in [1.54, 1.807) is 4.90 Å². The quantitative estimate of drug-likeness (QED) is 0.185. The van der Waals surface area contributed by atoms with Crippen LogP contribution in [0, 0.1) is 11.8 Å². The van der Waals surface area contributed by atoms with E-state index in [4.69, 9.17) is 9.47 Å². The number of allylic oxidation sites excluding steroid dienone is 2. The first-order valence-corrected chi connectivity index (χ1v) is 16.5. The van der Waals surface area contributed by atoms with E-state index in [-0.39, 0.29) is 53.9 Å². The number of carbonyl (C=O) groups excluding carboxylic acids is 3. The molecule has 1 aromatic rings. The highest BCUT2D eigenvalue weighted by Crippen LogP contribution is 2.49. The normalized spacial score (nSPS) is 26.1. The maximum Gasteiger partial charge on any atom is 0.236 e. The second-order valence-corrected chi connectivity index (χ2v) is 12.7. The number of para-hydroxylation sites is 2. The summed E-state index contributed by atoms with van der Waals surface area (Å²) in [4.78, 5) is 45.7. The number of carbonyl (C=O) groups is 3. The summed E-state index contributed by atoms with van der Waals surface area (Å²) < 4.78 is 11.9. The lowest BCUT2D eigenvalue weighted by molar-refractivity contribution is -0.145. The molecule has 43 heavy (non-hydrogen) atoms. The maximum absolute atomic E-state index is 13.4. The molecule has 5 atom stereocenters. The molecule has 5 unspecified atom stereocenters. The minimum Gasteiger partial charge on any atom is -0.489 e. The highest BCUT2D eigenvalue weighted by atomic mass is 16.5. The fourth-order valence-corrected chi connectivity index (χ4v) is 7.33. The van der Waals surface area contributed by atoms with Crippen LogP contribution in [0.4, 0.5) is 5.69 Å². The highest BCUT2D eigenvalue weighted by Gasteiger charge is 2.63. The minimum absolute atomic E-state index is 0.0293. The topological polar surface area (TPSA) is 91.4 Å². The molecule has 3 amide bonds. The van der Waals surface area contributed by atoms with Gasteiger partial charge in [0.15, 0.2) is 0 Å². The molecule has 0 saturated carbocycles. The molecule has 0 aromatic heterocycles. The number of unbranched alkanes of at least 4 members (excludes halogenated alkanes) is 1. The number of anilines is 1. The van der Waals surface area contributed by atoms with Gasteiger partial charge in [-0.1, -0.05) is 24.3 Å². The largest absolute Gasteiger partial charge is 0.489 e.